The number of aliphatic imine (C=N–C) groups is 1. The maximum Gasteiger partial charge on any atom is 0.363 e. The molecule has 1 heterocycles. The molecule has 5 heteroatoms. The molecule has 0 aliphatic carbocycles. The van der Waals surface area contributed by atoms with Crippen molar-refractivity contribution in [2.45, 2.75) is 0 Å². The maximum absolute atomic E-state index is 12.0. The summed E-state index contributed by atoms with van der Waals surface area (Å²) in [5.41, 5.74) is 1.92. The lowest BCUT2D eigenvalue weighted by atomic mass is 10.2. The van der Waals surface area contributed by atoms with Gasteiger partial charge in [0.2, 0.25) is 5.90 Å². The van der Waals surface area contributed by atoms with E-state index < -0.39 is 5.97 Å². The Balaban J connectivity index is 1.82. The molecule has 0 bridgehead atoms. The second-order valence-electron chi connectivity index (χ2n) is 5.22. The zero-order valence-electron chi connectivity index (χ0n) is 13.9. The lowest BCUT2D eigenvalue weighted by molar-refractivity contribution is -0.129. The summed E-state index contributed by atoms with van der Waals surface area (Å²) in [7, 11) is 3.20. The molecule has 1 aliphatic heterocycles. The molecule has 0 saturated carbocycles. The minimum absolute atomic E-state index is 0.241. The number of hydrogen-bond acceptors (Lipinski definition) is 5. The Kier molecular flexibility index (Phi) is 4.95. The number of carbonyl (C=O) groups is 1. The molecule has 2 aromatic rings. The van der Waals surface area contributed by atoms with Gasteiger partial charge in [0.25, 0.3) is 0 Å². The van der Waals surface area contributed by atoms with Crippen LogP contribution < -0.4 is 9.47 Å². The predicted octanol–water partition coefficient (Wildman–Crippen LogP) is 3.71. The number of benzene rings is 2. The molecule has 126 valence electrons. The molecule has 0 saturated heterocycles. The molecule has 0 fully saturated rings. The van der Waals surface area contributed by atoms with Crippen molar-refractivity contribution in [3.63, 3.8) is 0 Å². The maximum atomic E-state index is 12.0. The van der Waals surface area contributed by atoms with Gasteiger partial charge in [0.1, 0.15) is 11.5 Å². The fourth-order valence-electron chi connectivity index (χ4n) is 2.35. The highest BCUT2D eigenvalue weighted by atomic mass is 16.6. The van der Waals surface area contributed by atoms with Gasteiger partial charge in [-0.25, -0.2) is 9.79 Å². The highest BCUT2D eigenvalue weighted by Gasteiger charge is 2.21. The van der Waals surface area contributed by atoms with Crippen molar-refractivity contribution in [2.24, 2.45) is 4.99 Å². The lowest BCUT2D eigenvalue weighted by Gasteiger charge is -2.02. The predicted molar refractivity (Wildman–Crippen MR) is 96.5 cm³/mol. The van der Waals surface area contributed by atoms with Gasteiger partial charge in [0.05, 0.1) is 14.2 Å². The molecule has 0 unspecified atom stereocenters. The van der Waals surface area contributed by atoms with Gasteiger partial charge >= 0.3 is 5.97 Å². The van der Waals surface area contributed by atoms with Crippen molar-refractivity contribution < 1.29 is 19.0 Å². The number of rotatable bonds is 5. The second-order valence-corrected chi connectivity index (χ2v) is 5.22. The minimum atomic E-state index is -0.484. The third kappa shape index (κ3) is 3.95. The van der Waals surface area contributed by atoms with Crippen LogP contribution in [0.15, 0.2) is 65.3 Å². The fourth-order valence-corrected chi connectivity index (χ4v) is 2.35. The van der Waals surface area contributed by atoms with Crippen LogP contribution in [0.4, 0.5) is 0 Å². The standard InChI is InChI=1S/C20H17NO4/c1-23-16-8-5-6-14(12-16)13-17-20(22)25-19(21-17)11-10-15-7-3-4-9-18(15)24-2/h3-13H,1-2H3/b11-10+,17-13-. The first-order valence-corrected chi connectivity index (χ1v) is 7.67. The van der Waals surface area contributed by atoms with E-state index >= 15 is 0 Å². The first kappa shape index (κ1) is 16.5. The number of ether oxygens (including phenoxy) is 3. The summed E-state index contributed by atoms with van der Waals surface area (Å²) >= 11 is 0. The number of nitrogens with zero attached hydrogens (tertiary/aromatic N) is 1. The Bertz CT molecular complexity index is 881. The molecule has 0 N–H and O–H groups in total. The van der Waals surface area contributed by atoms with Crippen LogP contribution in [0.1, 0.15) is 11.1 Å². The van der Waals surface area contributed by atoms with E-state index in [9.17, 15) is 4.79 Å². The van der Waals surface area contributed by atoms with Crippen LogP contribution in [-0.2, 0) is 9.53 Å². The highest BCUT2D eigenvalue weighted by molar-refractivity contribution is 6.11. The largest absolute Gasteiger partial charge is 0.497 e. The van der Waals surface area contributed by atoms with Crippen LogP contribution in [0.2, 0.25) is 0 Å². The van der Waals surface area contributed by atoms with Crippen molar-refractivity contribution >= 4 is 24.0 Å². The van der Waals surface area contributed by atoms with Crippen molar-refractivity contribution in [2.75, 3.05) is 14.2 Å². The summed E-state index contributed by atoms with van der Waals surface area (Å²) in [5.74, 6) is 1.20. The van der Waals surface area contributed by atoms with Gasteiger partial charge in [-0.15, -0.1) is 0 Å². The van der Waals surface area contributed by atoms with Crippen molar-refractivity contribution in [1.29, 1.82) is 0 Å². The van der Waals surface area contributed by atoms with Gasteiger partial charge in [-0.2, -0.15) is 0 Å². The number of cyclic esters (lactones) is 1. The average molecular weight is 335 g/mol. The topological polar surface area (TPSA) is 57.1 Å². The smallest absolute Gasteiger partial charge is 0.363 e. The highest BCUT2D eigenvalue weighted by Crippen LogP contribution is 2.21. The van der Waals surface area contributed by atoms with E-state index in [1.807, 2.05) is 48.5 Å². The number of carbonyl (C=O) groups excluding carboxylic acids is 1. The van der Waals surface area contributed by atoms with Crippen LogP contribution in [0.25, 0.3) is 12.2 Å². The molecular weight excluding hydrogens is 318 g/mol. The van der Waals surface area contributed by atoms with E-state index in [1.165, 1.54) is 0 Å². The Morgan fingerprint density at radius 2 is 1.84 bits per heavy atom. The molecule has 3 rings (SSSR count). The molecular formula is C20H17NO4. The summed E-state index contributed by atoms with van der Waals surface area (Å²) in [4.78, 5) is 16.2. The molecule has 25 heavy (non-hydrogen) atoms. The van der Waals surface area contributed by atoms with Crippen molar-refractivity contribution in [1.82, 2.24) is 0 Å². The van der Waals surface area contributed by atoms with Crippen LogP contribution in [0.5, 0.6) is 11.5 Å². The Morgan fingerprint density at radius 3 is 2.64 bits per heavy atom. The summed E-state index contributed by atoms with van der Waals surface area (Å²) in [6.45, 7) is 0. The van der Waals surface area contributed by atoms with Crippen LogP contribution >= 0.6 is 0 Å². The van der Waals surface area contributed by atoms with Gasteiger partial charge in [0, 0.05) is 11.6 Å². The molecule has 5 nitrogen and oxygen atoms in total. The van der Waals surface area contributed by atoms with Gasteiger partial charge in [0.15, 0.2) is 5.70 Å². The Hall–Kier alpha value is -3.34. The Morgan fingerprint density at radius 1 is 1.00 bits per heavy atom. The quantitative estimate of drug-likeness (QED) is 0.617. The van der Waals surface area contributed by atoms with Gasteiger partial charge in [-0.05, 0) is 35.9 Å². The van der Waals surface area contributed by atoms with E-state index in [2.05, 4.69) is 4.99 Å². The number of esters is 1. The number of para-hydroxylation sites is 1. The molecule has 0 atom stereocenters. The first-order valence-electron chi connectivity index (χ1n) is 7.67. The van der Waals surface area contributed by atoms with E-state index in [-0.39, 0.29) is 11.6 Å². The fraction of sp³-hybridized carbons (Fsp3) is 0.100. The lowest BCUT2D eigenvalue weighted by Crippen LogP contribution is -2.01. The SMILES string of the molecule is COc1cccc(/C=C2N=C(/C=C/c3ccccc3OC)OC\2=O)c1. The molecule has 1 aliphatic rings. The number of methoxy groups -OCH3 is 2. The van der Waals surface area contributed by atoms with Crippen molar-refractivity contribution in [3.8, 4) is 11.5 Å². The summed E-state index contributed by atoms with van der Waals surface area (Å²) in [6, 6.07) is 14.9. The van der Waals surface area contributed by atoms with Crippen LogP contribution in [-0.4, -0.2) is 26.1 Å². The molecule has 0 aromatic heterocycles. The monoisotopic (exact) mass is 335 g/mol. The van der Waals surface area contributed by atoms with Gasteiger partial charge in [-0.3, -0.25) is 0 Å². The third-order valence-electron chi connectivity index (χ3n) is 3.58. The second kappa shape index (κ2) is 7.49. The number of hydrogen-bond donors (Lipinski definition) is 0. The van der Waals surface area contributed by atoms with E-state index in [1.54, 1.807) is 32.4 Å². The van der Waals surface area contributed by atoms with E-state index in [0.29, 0.717) is 5.75 Å². The summed E-state index contributed by atoms with van der Waals surface area (Å²) < 4.78 is 15.6. The van der Waals surface area contributed by atoms with E-state index in [0.717, 1.165) is 16.9 Å². The first-order chi connectivity index (χ1) is 12.2. The van der Waals surface area contributed by atoms with Crippen molar-refractivity contribution in [3.05, 3.63) is 71.4 Å². The summed E-state index contributed by atoms with van der Waals surface area (Å²) in [5, 5.41) is 0. The van der Waals surface area contributed by atoms with E-state index in [4.69, 9.17) is 14.2 Å². The van der Waals surface area contributed by atoms with Gasteiger partial charge < -0.3 is 14.2 Å². The van der Waals surface area contributed by atoms with Crippen LogP contribution in [0, 0.1) is 0 Å². The minimum Gasteiger partial charge on any atom is -0.497 e. The normalized spacial score (nSPS) is 15.4. The zero-order valence-corrected chi connectivity index (χ0v) is 13.9. The Labute approximate surface area is 145 Å². The average Bonchev–Trinajstić information content (AvgIpc) is 3.00. The molecule has 0 amide bonds. The molecule has 0 radical (unpaired) electrons. The molecule has 2 aromatic carbocycles. The zero-order chi connectivity index (χ0) is 17.6. The van der Waals surface area contributed by atoms with Gasteiger partial charge in [-0.1, -0.05) is 30.3 Å². The third-order valence-corrected chi connectivity index (χ3v) is 3.58. The summed E-state index contributed by atoms with van der Waals surface area (Å²) in [6.07, 6.45) is 5.09. The van der Waals surface area contributed by atoms with Crippen LogP contribution in [0.3, 0.4) is 0 Å². The molecule has 0 spiro atoms.